The predicted octanol–water partition coefficient (Wildman–Crippen LogP) is 1.28. The van der Waals surface area contributed by atoms with Crippen molar-refractivity contribution in [1.29, 1.82) is 0 Å². The Morgan fingerprint density at radius 2 is 2.06 bits per heavy atom. The number of carbonyl (C=O) groups is 1. The fourth-order valence-corrected chi connectivity index (χ4v) is 3.05. The van der Waals surface area contributed by atoms with Gasteiger partial charge in [0.25, 0.3) is 0 Å². The van der Waals surface area contributed by atoms with E-state index in [1.807, 2.05) is 4.90 Å². The van der Waals surface area contributed by atoms with Crippen LogP contribution in [0.4, 0.5) is 0 Å². The molecule has 2 fully saturated rings. The van der Waals surface area contributed by atoms with Crippen molar-refractivity contribution in [3.05, 3.63) is 0 Å². The summed E-state index contributed by atoms with van der Waals surface area (Å²) < 4.78 is 5.31. The third kappa shape index (κ3) is 2.33. The second kappa shape index (κ2) is 4.94. The van der Waals surface area contributed by atoms with Crippen LogP contribution in [0.3, 0.4) is 0 Å². The lowest BCUT2D eigenvalue weighted by atomic mass is 9.89. The van der Waals surface area contributed by atoms with Crippen LogP contribution in [0, 0.1) is 0 Å². The highest BCUT2D eigenvalue weighted by Crippen LogP contribution is 2.31. The van der Waals surface area contributed by atoms with E-state index in [1.165, 1.54) is 0 Å². The van der Waals surface area contributed by atoms with Gasteiger partial charge in [-0.3, -0.25) is 4.79 Å². The van der Waals surface area contributed by atoms with Gasteiger partial charge in [-0.15, -0.1) is 0 Å². The van der Waals surface area contributed by atoms with Crippen LogP contribution in [0.25, 0.3) is 0 Å². The maximum absolute atomic E-state index is 12.6. The fraction of sp³-hybridized carbons (Fsp3) is 0.923. The Morgan fingerprint density at radius 1 is 1.41 bits per heavy atom. The van der Waals surface area contributed by atoms with E-state index in [-0.39, 0.29) is 5.91 Å². The monoisotopic (exact) mass is 240 g/mol. The van der Waals surface area contributed by atoms with E-state index in [1.54, 1.807) is 0 Å². The normalized spacial score (nSPS) is 32.8. The number of likely N-dealkylation sites (tertiary alicyclic amines) is 1. The molecular weight excluding hydrogens is 216 g/mol. The van der Waals surface area contributed by atoms with Gasteiger partial charge in [0.15, 0.2) is 0 Å². The molecule has 0 aromatic rings. The molecule has 0 aromatic carbocycles. The molecule has 98 valence electrons. The summed E-state index contributed by atoms with van der Waals surface area (Å²) in [5.74, 6) is 0.151. The average Bonchev–Trinajstić information content (AvgIpc) is 2.70. The number of ether oxygens (including phenoxy) is 1. The standard InChI is InChI=1S/C13H24N2O2/c1-3-11-5-4-10(2)15(11)12(16)13(14)6-8-17-9-7-13/h10-11H,3-9,14H2,1-2H3. The van der Waals surface area contributed by atoms with Crippen LogP contribution in [0.2, 0.25) is 0 Å². The van der Waals surface area contributed by atoms with E-state index >= 15 is 0 Å². The third-order valence-electron chi connectivity index (χ3n) is 4.30. The number of carbonyl (C=O) groups excluding carboxylic acids is 1. The van der Waals surface area contributed by atoms with Crippen molar-refractivity contribution >= 4 is 5.91 Å². The van der Waals surface area contributed by atoms with Gasteiger partial charge < -0.3 is 15.4 Å². The molecule has 2 heterocycles. The summed E-state index contributed by atoms with van der Waals surface area (Å²) >= 11 is 0. The summed E-state index contributed by atoms with van der Waals surface area (Å²) in [6.45, 7) is 5.51. The first kappa shape index (κ1) is 12.8. The zero-order valence-electron chi connectivity index (χ0n) is 10.9. The van der Waals surface area contributed by atoms with Gasteiger partial charge >= 0.3 is 0 Å². The number of amides is 1. The van der Waals surface area contributed by atoms with Crippen LogP contribution < -0.4 is 5.73 Å². The van der Waals surface area contributed by atoms with Gasteiger partial charge in [0.05, 0.1) is 5.54 Å². The van der Waals surface area contributed by atoms with Gasteiger partial charge in [0.1, 0.15) is 0 Å². The lowest BCUT2D eigenvalue weighted by molar-refractivity contribution is -0.143. The number of hydrogen-bond donors (Lipinski definition) is 1. The van der Waals surface area contributed by atoms with E-state index in [4.69, 9.17) is 10.5 Å². The summed E-state index contributed by atoms with van der Waals surface area (Å²) in [5.41, 5.74) is 5.61. The number of rotatable bonds is 2. The molecular formula is C13H24N2O2. The van der Waals surface area contributed by atoms with E-state index in [0.717, 1.165) is 19.3 Å². The molecule has 0 aliphatic carbocycles. The van der Waals surface area contributed by atoms with Crippen LogP contribution in [0.5, 0.6) is 0 Å². The molecule has 0 saturated carbocycles. The number of nitrogens with two attached hydrogens (primary N) is 1. The molecule has 0 radical (unpaired) electrons. The van der Waals surface area contributed by atoms with Gasteiger partial charge in [-0.1, -0.05) is 6.92 Å². The molecule has 4 heteroatoms. The molecule has 2 saturated heterocycles. The molecule has 2 unspecified atom stereocenters. The highest BCUT2D eigenvalue weighted by Gasteiger charge is 2.44. The summed E-state index contributed by atoms with van der Waals surface area (Å²) in [6, 6.07) is 0.733. The molecule has 4 nitrogen and oxygen atoms in total. The number of hydrogen-bond acceptors (Lipinski definition) is 3. The molecule has 0 aromatic heterocycles. The molecule has 1 amide bonds. The average molecular weight is 240 g/mol. The third-order valence-corrected chi connectivity index (χ3v) is 4.30. The minimum atomic E-state index is -0.676. The Hall–Kier alpha value is -0.610. The first-order chi connectivity index (χ1) is 8.08. The predicted molar refractivity (Wildman–Crippen MR) is 66.6 cm³/mol. The maximum atomic E-state index is 12.6. The topological polar surface area (TPSA) is 55.6 Å². The molecule has 2 N–H and O–H groups in total. The lowest BCUT2D eigenvalue weighted by Crippen LogP contribution is -2.60. The van der Waals surface area contributed by atoms with Crippen LogP contribution in [-0.4, -0.2) is 41.6 Å². The molecule has 2 rings (SSSR count). The summed E-state index contributed by atoms with van der Waals surface area (Å²) in [5, 5.41) is 0. The van der Waals surface area contributed by atoms with Crippen LogP contribution in [0.1, 0.15) is 46.0 Å². The van der Waals surface area contributed by atoms with Crippen molar-refractivity contribution in [2.24, 2.45) is 5.73 Å². The van der Waals surface area contributed by atoms with Crippen LogP contribution in [0.15, 0.2) is 0 Å². The van der Waals surface area contributed by atoms with Crippen molar-refractivity contribution in [2.75, 3.05) is 13.2 Å². The zero-order valence-corrected chi connectivity index (χ0v) is 10.9. The SMILES string of the molecule is CCC1CCC(C)N1C(=O)C1(N)CCOCC1. The van der Waals surface area contributed by atoms with Gasteiger partial charge in [-0.05, 0) is 39.0 Å². The van der Waals surface area contributed by atoms with Gasteiger partial charge in [0.2, 0.25) is 5.91 Å². The van der Waals surface area contributed by atoms with E-state index in [2.05, 4.69) is 13.8 Å². The number of nitrogens with zero attached hydrogens (tertiary/aromatic N) is 1. The second-order valence-electron chi connectivity index (χ2n) is 5.47. The first-order valence-electron chi connectivity index (χ1n) is 6.78. The Balaban J connectivity index is 2.12. The van der Waals surface area contributed by atoms with Crippen molar-refractivity contribution in [1.82, 2.24) is 4.90 Å². The van der Waals surface area contributed by atoms with Crippen molar-refractivity contribution in [3.63, 3.8) is 0 Å². The van der Waals surface area contributed by atoms with Crippen LogP contribution in [-0.2, 0) is 9.53 Å². The molecule has 17 heavy (non-hydrogen) atoms. The second-order valence-corrected chi connectivity index (χ2v) is 5.47. The van der Waals surface area contributed by atoms with Gasteiger partial charge in [-0.2, -0.15) is 0 Å². The minimum Gasteiger partial charge on any atom is -0.381 e. The maximum Gasteiger partial charge on any atom is 0.243 e. The van der Waals surface area contributed by atoms with E-state index in [0.29, 0.717) is 38.1 Å². The van der Waals surface area contributed by atoms with Crippen molar-refractivity contribution in [3.8, 4) is 0 Å². The largest absolute Gasteiger partial charge is 0.381 e. The Morgan fingerprint density at radius 3 is 2.65 bits per heavy atom. The van der Waals surface area contributed by atoms with Gasteiger partial charge in [0, 0.05) is 25.3 Å². The van der Waals surface area contributed by atoms with Crippen LogP contribution >= 0.6 is 0 Å². The quantitative estimate of drug-likeness (QED) is 0.791. The molecule has 0 spiro atoms. The first-order valence-corrected chi connectivity index (χ1v) is 6.78. The Labute approximate surface area is 103 Å². The lowest BCUT2D eigenvalue weighted by Gasteiger charge is -2.39. The zero-order chi connectivity index (χ0) is 12.5. The fourth-order valence-electron chi connectivity index (χ4n) is 3.05. The summed E-state index contributed by atoms with van der Waals surface area (Å²) in [6.07, 6.45) is 4.58. The Bertz CT molecular complexity index is 287. The van der Waals surface area contributed by atoms with Crippen molar-refractivity contribution in [2.45, 2.75) is 63.6 Å². The van der Waals surface area contributed by atoms with E-state index < -0.39 is 5.54 Å². The van der Waals surface area contributed by atoms with Gasteiger partial charge in [-0.25, -0.2) is 0 Å². The highest BCUT2D eigenvalue weighted by atomic mass is 16.5. The smallest absolute Gasteiger partial charge is 0.243 e. The highest BCUT2D eigenvalue weighted by molar-refractivity contribution is 5.87. The summed E-state index contributed by atoms with van der Waals surface area (Å²) in [4.78, 5) is 14.7. The molecule has 0 bridgehead atoms. The molecule has 2 aliphatic heterocycles. The van der Waals surface area contributed by atoms with Crippen molar-refractivity contribution < 1.29 is 9.53 Å². The van der Waals surface area contributed by atoms with E-state index in [9.17, 15) is 4.79 Å². The minimum absolute atomic E-state index is 0.151. The molecule has 2 aliphatic rings. The molecule has 2 atom stereocenters. The summed E-state index contributed by atoms with van der Waals surface area (Å²) in [7, 11) is 0. The Kier molecular flexibility index (Phi) is 3.73.